The fourth-order valence-electron chi connectivity index (χ4n) is 5.33. The largest absolute Gasteiger partial charge is 0.272 e. The third-order valence-electron chi connectivity index (χ3n) is 7.22. The first-order valence-electron chi connectivity index (χ1n) is 12.0. The van der Waals surface area contributed by atoms with Gasteiger partial charge in [0.05, 0.1) is 28.8 Å². The highest BCUT2D eigenvalue weighted by atomic mass is 16.2. The second-order valence-corrected chi connectivity index (χ2v) is 9.34. The quantitative estimate of drug-likeness (QED) is 0.437. The molecule has 7 heteroatoms. The van der Waals surface area contributed by atoms with E-state index in [2.05, 4.69) is 21.2 Å². The van der Waals surface area contributed by atoms with Gasteiger partial charge in [0, 0.05) is 23.3 Å². The van der Waals surface area contributed by atoms with E-state index in [1.807, 2.05) is 24.5 Å². The van der Waals surface area contributed by atoms with Gasteiger partial charge < -0.3 is 0 Å². The molecule has 2 aromatic carbocycles. The van der Waals surface area contributed by atoms with E-state index >= 15 is 0 Å². The number of aromatic nitrogens is 3. The Balaban J connectivity index is 1.38. The SMILES string of the molecule is O=C1c2ccccc2C(=O)N1Cc1n[nH]c(=O)c2ccc(-c3cncc(C4CCCCC4)c3)cc12. The smallest absolute Gasteiger partial charge is 0.269 e. The molecule has 6 rings (SSSR count). The Morgan fingerprint density at radius 1 is 0.829 bits per heavy atom. The highest BCUT2D eigenvalue weighted by molar-refractivity contribution is 6.21. The Morgan fingerprint density at radius 2 is 1.57 bits per heavy atom. The lowest BCUT2D eigenvalue weighted by atomic mass is 9.84. The summed E-state index contributed by atoms with van der Waals surface area (Å²) in [5.41, 5.74) is 4.06. The summed E-state index contributed by atoms with van der Waals surface area (Å²) in [7, 11) is 0. The molecule has 0 unspecified atom stereocenters. The predicted molar refractivity (Wildman–Crippen MR) is 132 cm³/mol. The lowest BCUT2D eigenvalue weighted by Gasteiger charge is -2.22. The lowest BCUT2D eigenvalue weighted by Crippen LogP contribution is -2.30. The number of imide groups is 1. The zero-order valence-electron chi connectivity index (χ0n) is 19.2. The standard InChI is InChI=1S/C28H24N4O3/c33-26-21-11-10-18(20-12-19(14-29-15-20)17-6-2-1-3-7-17)13-24(21)25(30-31-26)16-32-27(34)22-8-4-5-9-23(22)28(32)35/h4-5,8-15,17H,1-3,6-7,16H2,(H,31,33). The van der Waals surface area contributed by atoms with Crippen LogP contribution in [0.25, 0.3) is 21.9 Å². The predicted octanol–water partition coefficient (Wildman–Crippen LogP) is 4.83. The lowest BCUT2D eigenvalue weighted by molar-refractivity contribution is 0.0640. The van der Waals surface area contributed by atoms with Crippen molar-refractivity contribution in [1.29, 1.82) is 0 Å². The van der Waals surface area contributed by atoms with Crippen LogP contribution in [0.1, 0.15) is 70.0 Å². The molecule has 0 radical (unpaired) electrons. The number of H-pyrrole nitrogens is 1. The molecule has 3 heterocycles. The van der Waals surface area contributed by atoms with Crippen LogP contribution in [0.4, 0.5) is 0 Å². The van der Waals surface area contributed by atoms with Crippen molar-refractivity contribution in [3.05, 3.63) is 93.7 Å². The Bertz CT molecular complexity index is 1500. The van der Waals surface area contributed by atoms with Crippen molar-refractivity contribution in [1.82, 2.24) is 20.1 Å². The Kier molecular flexibility index (Phi) is 5.25. The molecule has 1 aliphatic carbocycles. The van der Waals surface area contributed by atoms with Crippen LogP contribution in [0.5, 0.6) is 0 Å². The second-order valence-electron chi connectivity index (χ2n) is 9.34. The van der Waals surface area contributed by atoms with Gasteiger partial charge in [0.25, 0.3) is 17.4 Å². The average Bonchev–Trinajstić information content (AvgIpc) is 3.15. The highest BCUT2D eigenvalue weighted by Crippen LogP contribution is 2.34. The zero-order chi connectivity index (χ0) is 23.9. The second kappa shape index (κ2) is 8.58. The summed E-state index contributed by atoms with van der Waals surface area (Å²) in [6.45, 7) is -0.0244. The fourth-order valence-corrected chi connectivity index (χ4v) is 5.33. The molecule has 174 valence electrons. The van der Waals surface area contributed by atoms with E-state index in [0.29, 0.717) is 33.5 Å². The van der Waals surface area contributed by atoms with E-state index in [-0.39, 0.29) is 23.9 Å². The minimum Gasteiger partial charge on any atom is -0.269 e. The molecule has 1 aliphatic heterocycles. The molecule has 1 N–H and O–H groups in total. The van der Waals surface area contributed by atoms with Gasteiger partial charge in [-0.2, -0.15) is 5.10 Å². The van der Waals surface area contributed by atoms with Crippen molar-refractivity contribution in [2.45, 2.75) is 44.6 Å². The van der Waals surface area contributed by atoms with Crippen LogP contribution in [0, 0.1) is 0 Å². The van der Waals surface area contributed by atoms with Gasteiger partial charge >= 0.3 is 0 Å². The number of carbonyl (C=O) groups excluding carboxylic acids is 2. The van der Waals surface area contributed by atoms with E-state index in [4.69, 9.17) is 0 Å². The van der Waals surface area contributed by atoms with Crippen LogP contribution < -0.4 is 5.56 Å². The van der Waals surface area contributed by atoms with Crippen LogP contribution in [0.2, 0.25) is 0 Å². The van der Waals surface area contributed by atoms with Gasteiger partial charge in [-0.05, 0) is 60.2 Å². The number of amides is 2. The third kappa shape index (κ3) is 3.73. The molecule has 0 bridgehead atoms. The maximum Gasteiger partial charge on any atom is 0.272 e. The van der Waals surface area contributed by atoms with E-state index in [1.54, 1.807) is 30.3 Å². The molecule has 0 spiro atoms. The summed E-state index contributed by atoms with van der Waals surface area (Å²) in [6, 6.07) is 14.6. The first-order valence-corrected chi connectivity index (χ1v) is 12.0. The van der Waals surface area contributed by atoms with Crippen molar-refractivity contribution in [2.75, 3.05) is 0 Å². The van der Waals surface area contributed by atoms with Gasteiger partial charge in [0.2, 0.25) is 0 Å². The number of nitrogens with one attached hydrogen (secondary N) is 1. The Labute approximate surface area is 201 Å². The molecule has 0 atom stereocenters. The number of hydrogen-bond donors (Lipinski definition) is 1. The maximum atomic E-state index is 12.9. The van der Waals surface area contributed by atoms with Crippen molar-refractivity contribution in [2.24, 2.45) is 0 Å². The monoisotopic (exact) mass is 464 g/mol. The number of hydrogen-bond acceptors (Lipinski definition) is 5. The minimum absolute atomic E-state index is 0.0244. The number of aromatic amines is 1. The molecule has 0 saturated heterocycles. The van der Waals surface area contributed by atoms with Crippen molar-refractivity contribution in [3.8, 4) is 11.1 Å². The van der Waals surface area contributed by atoms with Crippen LogP contribution in [-0.4, -0.2) is 31.9 Å². The summed E-state index contributed by atoms with van der Waals surface area (Å²) in [5.74, 6) is -0.176. The third-order valence-corrected chi connectivity index (χ3v) is 7.22. The summed E-state index contributed by atoms with van der Waals surface area (Å²) in [5, 5.41) is 7.82. The Morgan fingerprint density at radius 3 is 2.31 bits per heavy atom. The molecule has 2 aliphatic rings. The van der Waals surface area contributed by atoms with Crippen LogP contribution >= 0.6 is 0 Å². The van der Waals surface area contributed by atoms with Crippen LogP contribution in [0.3, 0.4) is 0 Å². The van der Waals surface area contributed by atoms with Gasteiger partial charge in [-0.3, -0.25) is 24.3 Å². The molecule has 2 aromatic heterocycles. The molecule has 2 amide bonds. The topological polar surface area (TPSA) is 96.0 Å². The van der Waals surface area contributed by atoms with Gasteiger partial charge in [-0.15, -0.1) is 0 Å². The van der Waals surface area contributed by atoms with E-state index in [0.717, 1.165) is 11.1 Å². The Hall–Kier alpha value is -4.13. The summed E-state index contributed by atoms with van der Waals surface area (Å²) >= 11 is 0. The molecule has 35 heavy (non-hydrogen) atoms. The molecular weight excluding hydrogens is 440 g/mol. The van der Waals surface area contributed by atoms with Crippen molar-refractivity contribution in [3.63, 3.8) is 0 Å². The number of nitrogens with zero attached hydrogens (tertiary/aromatic N) is 3. The van der Waals surface area contributed by atoms with Crippen LogP contribution in [0.15, 0.2) is 65.7 Å². The maximum absolute atomic E-state index is 12.9. The highest BCUT2D eigenvalue weighted by Gasteiger charge is 2.35. The number of carbonyl (C=O) groups is 2. The van der Waals surface area contributed by atoms with Crippen molar-refractivity contribution < 1.29 is 9.59 Å². The van der Waals surface area contributed by atoms with E-state index < -0.39 is 0 Å². The normalized spacial score (nSPS) is 16.2. The molecule has 7 nitrogen and oxygen atoms in total. The summed E-state index contributed by atoms with van der Waals surface area (Å²) in [6.07, 6.45) is 9.96. The van der Waals surface area contributed by atoms with E-state index in [9.17, 15) is 14.4 Å². The first kappa shape index (κ1) is 21.4. The summed E-state index contributed by atoms with van der Waals surface area (Å²) < 4.78 is 0. The van der Waals surface area contributed by atoms with Gasteiger partial charge in [-0.25, -0.2) is 5.10 Å². The zero-order valence-corrected chi connectivity index (χ0v) is 19.2. The van der Waals surface area contributed by atoms with Gasteiger partial charge in [-0.1, -0.05) is 37.5 Å². The molecule has 1 fully saturated rings. The number of benzene rings is 2. The van der Waals surface area contributed by atoms with Crippen molar-refractivity contribution >= 4 is 22.6 Å². The molecule has 4 aromatic rings. The number of fused-ring (bicyclic) bond motifs is 2. The molecule has 1 saturated carbocycles. The van der Waals surface area contributed by atoms with Gasteiger partial charge in [0.15, 0.2) is 0 Å². The number of rotatable bonds is 4. The fraction of sp³-hybridized carbons (Fsp3) is 0.250. The average molecular weight is 465 g/mol. The molecular formula is C28H24N4O3. The number of pyridine rings is 1. The minimum atomic E-state index is -0.354. The summed E-state index contributed by atoms with van der Waals surface area (Å²) in [4.78, 5) is 44.0. The van der Waals surface area contributed by atoms with Gasteiger partial charge in [0.1, 0.15) is 0 Å². The van der Waals surface area contributed by atoms with Crippen LogP contribution in [-0.2, 0) is 6.54 Å². The van der Waals surface area contributed by atoms with E-state index in [1.165, 1.54) is 42.6 Å². The first-order chi connectivity index (χ1) is 17.1.